The van der Waals surface area contributed by atoms with Crippen molar-refractivity contribution in [2.45, 2.75) is 13.1 Å². The zero-order valence-corrected chi connectivity index (χ0v) is 19.0. The number of nitrogen functional groups attached to an aromatic ring is 1. The highest BCUT2D eigenvalue weighted by Crippen LogP contribution is 2.24. The molecular weight excluding hydrogens is 470 g/mol. The van der Waals surface area contributed by atoms with Gasteiger partial charge in [-0.15, -0.1) is 0 Å². The van der Waals surface area contributed by atoms with Crippen molar-refractivity contribution < 1.29 is 18.6 Å². The van der Waals surface area contributed by atoms with Crippen molar-refractivity contribution >= 4 is 22.7 Å². The highest BCUT2D eigenvalue weighted by Gasteiger charge is 2.14. The number of non-ortho nitro benzene ring substituents is 2. The Morgan fingerprint density at radius 2 is 1.08 bits per heavy atom. The van der Waals surface area contributed by atoms with E-state index in [9.17, 15) is 29.0 Å². The summed E-state index contributed by atoms with van der Waals surface area (Å²) in [6.07, 6.45) is 0. The van der Waals surface area contributed by atoms with Crippen molar-refractivity contribution in [3.8, 4) is 0 Å². The quantitative estimate of drug-likeness (QED) is 0.185. The smallest absolute Gasteiger partial charge is 0.269 e. The van der Waals surface area contributed by atoms with E-state index < -0.39 is 9.85 Å². The second-order valence-electron chi connectivity index (χ2n) is 7.74. The third-order valence-electron chi connectivity index (χ3n) is 5.05. The SMILES string of the molecule is Nc1ccc(F)cc1.O=[N+]([O-])c1cccc(CN(Cc2cccc([N+](=O)[O-])c2)c2ccc(F)cc2)c1. The minimum Gasteiger partial charge on any atom is -0.399 e. The Balaban J connectivity index is 0.000000383. The lowest BCUT2D eigenvalue weighted by Crippen LogP contribution is -2.22. The summed E-state index contributed by atoms with van der Waals surface area (Å²) in [6, 6.07) is 24.0. The number of nitrogens with two attached hydrogens (primary N) is 1. The third-order valence-corrected chi connectivity index (χ3v) is 5.05. The van der Waals surface area contributed by atoms with Crippen molar-refractivity contribution in [1.29, 1.82) is 0 Å². The van der Waals surface area contributed by atoms with Gasteiger partial charge >= 0.3 is 0 Å². The number of nitrogens with zero attached hydrogens (tertiary/aromatic N) is 3. The molecule has 0 aliphatic carbocycles. The molecule has 184 valence electrons. The lowest BCUT2D eigenvalue weighted by atomic mass is 10.1. The van der Waals surface area contributed by atoms with Crippen LogP contribution in [0.2, 0.25) is 0 Å². The monoisotopic (exact) mass is 492 g/mol. The molecule has 4 aromatic carbocycles. The second-order valence-corrected chi connectivity index (χ2v) is 7.74. The van der Waals surface area contributed by atoms with Crippen LogP contribution in [0.3, 0.4) is 0 Å². The van der Waals surface area contributed by atoms with Gasteiger partial charge in [0.25, 0.3) is 11.4 Å². The molecule has 4 aromatic rings. The van der Waals surface area contributed by atoms with Gasteiger partial charge in [0.15, 0.2) is 0 Å². The molecule has 8 nitrogen and oxygen atoms in total. The minimum atomic E-state index is -0.466. The first-order valence-electron chi connectivity index (χ1n) is 10.7. The summed E-state index contributed by atoms with van der Waals surface area (Å²) in [4.78, 5) is 23.0. The molecule has 0 aromatic heterocycles. The van der Waals surface area contributed by atoms with Gasteiger partial charge in [-0.25, -0.2) is 8.78 Å². The number of hydrogen-bond donors (Lipinski definition) is 1. The first-order chi connectivity index (χ1) is 17.2. The Morgan fingerprint density at radius 3 is 1.47 bits per heavy atom. The summed E-state index contributed by atoms with van der Waals surface area (Å²) in [5.41, 5.74) is 7.90. The summed E-state index contributed by atoms with van der Waals surface area (Å²) in [7, 11) is 0. The van der Waals surface area contributed by atoms with E-state index in [0.29, 0.717) is 35.6 Å². The number of rotatable bonds is 7. The molecule has 0 amide bonds. The standard InChI is InChI=1S/C20H16FN3O4.C6H6FN/c21-17-7-9-18(10-8-17)22(13-15-3-1-5-19(11-15)23(25)26)14-16-4-2-6-20(12-16)24(27)28;7-5-1-3-6(8)4-2-5/h1-12H,13-14H2;1-4H,8H2. The van der Waals surface area contributed by atoms with Crippen LogP contribution in [-0.2, 0) is 13.1 Å². The number of halogens is 2. The van der Waals surface area contributed by atoms with Crippen LogP contribution in [0.15, 0.2) is 97.1 Å². The van der Waals surface area contributed by atoms with Crippen LogP contribution in [-0.4, -0.2) is 9.85 Å². The molecule has 0 spiro atoms. The molecule has 0 atom stereocenters. The van der Waals surface area contributed by atoms with E-state index in [0.717, 1.165) is 0 Å². The number of nitro groups is 2. The van der Waals surface area contributed by atoms with Crippen LogP contribution in [0.4, 0.5) is 31.5 Å². The number of anilines is 2. The predicted octanol–water partition coefficient (Wildman–Crippen LogP) is 6.26. The second kappa shape index (κ2) is 12.0. The fraction of sp³-hybridized carbons (Fsp3) is 0.0769. The molecule has 2 N–H and O–H groups in total. The van der Waals surface area contributed by atoms with Crippen molar-refractivity contribution in [1.82, 2.24) is 0 Å². The predicted molar refractivity (Wildman–Crippen MR) is 133 cm³/mol. The minimum absolute atomic E-state index is 0.0214. The molecule has 0 radical (unpaired) electrons. The van der Waals surface area contributed by atoms with Gasteiger partial charge in [0.1, 0.15) is 11.6 Å². The van der Waals surface area contributed by atoms with Gasteiger partial charge in [-0.3, -0.25) is 20.2 Å². The molecule has 0 unspecified atom stereocenters. The maximum Gasteiger partial charge on any atom is 0.269 e. The maximum absolute atomic E-state index is 13.3. The van der Waals surface area contributed by atoms with Crippen molar-refractivity contribution in [3.05, 3.63) is 140 Å². The molecule has 10 heteroatoms. The third kappa shape index (κ3) is 7.59. The van der Waals surface area contributed by atoms with Gasteiger partial charge in [0, 0.05) is 48.7 Å². The van der Waals surface area contributed by atoms with Crippen molar-refractivity contribution in [2.24, 2.45) is 0 Å². The summed E-state index contributed by atoms with van der Waals surface area (Å²) in [6.45, 7) is 0.631. The molecule has 0 aliphatic rings. The van der Waals surface area contributed by atoms with E-state index >= 15 is 0 Å². The van der Waals surface area contributed by atoms with Crippen LogP contribution >= 0.6 is 0 Å². The topological polar surface area (TPSA) is 116 Å². The first kappa shape index (κ1) is 25.8. The molecular formula is C26H22F2N4O4. The van der Waals surface area contributed by atoms with Crippen LogP contribution < -0.4 is 10.6 Å². The number of nitro benzene ring substituents is 2. The number of hydrogen-bond acceptors (Lipinski definition) is 6. The number of benzene rings is 4. The average molecular weight is 492 g/mol. The van der Waals surface area contributed by atoms with E-state index in [1.807, 2.05) is 4.90 Å². The van der Waals surface area contributed by atoms with Gasteiger partial charge in [-0.1, -0.05) is 24.3 Å². The first-order valence-corrected chi connectivity index (χ1v) is 10.7. The molecule has 4 rings (SSSR count). The van der Waals surface area contributed by atoms with E-state index in [1.54, 1.807) is 36.4 Å². The fourth-order valence-electron chi connectivity index (χ4n) is 3.33. The average Bonchev–Trinajstić information content (AvgIpc) is 2.86. The Bertz CT molecular complexity index is 1250. The van der Waals surface area contributed by atoms with E-state index in [-0.39, 0.29) is 23.0 Å². The summed E-state index contributed by atoms with van der Waals surface area (Å²) in [5.74, 6) is -0.631. The Kier molecular flexibility index (Phi) is 8.60. The van der Waals surface area contributed by atoms with Crippen LogP contribution in [0.1, 0.15) is 11.1 Å². The zero-order valence-electron chi connectivity index (χ0n) is 19.0. The Labute approximate surface area is 205 Å². The van der Waals surface area contributed by atoms with E-state index in [1.165, 1.54) is 60.7 Å². The van der Waals surface area contributed by atoms with Gasteiger partial charge in [0.2, 0.25) is 0 Å². The van der Waals surface area contributed by atoms with Crippen molar-refractivity contribution in [3.63, 3.8) is 0 Å². The van der Waals surface area contributed by atoms with Gasteiger partial charge < -0.3 is 10.6 Å². The summed E-state index contributed by atoms with van der Waals surface area (Å²) < 4.78 is 25.4. The molecule has 36 heavy (non-hydrogen) atoms. The van der Waals surface area contributed by atoms with Crippen LogP contribution in [0.25, 0.3) is 0 Å². The summed E-state index contributed by atoms with van der Waals surface area (Å²) >= 11 is 0. The van der Waals surface area contributed by atoms with Crippen LogP contribution in [0, 0.1) is 31.9 Å². The lowest BCUT2D eigenvalue weighted by molar-refractivity contribution is -0.385. The molecule has 0 saturated heterocycles. The zero-order chi connectivity index (χ0) is 26.1. The van der Waals surface area contributed by atoms with Gasteiger partial charge in [-0.05, 0) is 59.7 Å². The summed E-state index contributed by atoms with van der Waals surface area (Å²) in [5, 5.41) is 22.1. The molecule has 0 heterocycles. The Morgan fingerprint density at radius 1 is 0.667 bits per heavy atom. The maximum atomic E-state index is 13.3. The molecule has 0 bridgehead atoms. The van der Waals surface area contributed by atoms with Gasteiger partial charge in [0.05, 0.1) is 9.85 Å². The molecule has 0 saturated carbocycles. The highest BCUT2D eigenvalue weighted by molar-refractivity contribution is 5.49. The molecule has 0 fully saturated rings. The lowest BCUT2D eigenvalue weighted by Gasteiger charge is -2.25. The van der Waals surface area contributed by atoms with E-state index in [4.69, 9.17) is 5.73 Å². The Hall–Kier alpha value is -4.86. The highest BCUT2D eigenvalue weighted by atomic mass is 19.1. The molecule has 0 aliphatic heterocycles. The van der Waals surface area contributed by atoms with Gasteiger partial charge in [-0.2, -0.15) is 0 Å². The normalized spacial score (nSPS) is 10.2. The fourth-order valence-corrected chi connectivity index (χ4v) is 3.33. The largest absolute Gasteiger partial charge is 0.399 e. The van der Waals surface area contributed by atoms with Crippen LogP contribution in [0.5, 0.6) is 0 Å². The van der Waals surface area contributed by atoms with Crippen molar-refractivity contribution in [2.75, 3.05) is 10.6 Å². The van der Waals surface area contributed by atoms with E-state index in [2.05, 4.69) is 0 Å².